The van der Waals surface area contributed by atoms with Gasteiger partial charge in [-0.25, -0.2) is 5.84 Å². The van der Waals surface area contributed by atoms with Crippen LogP contribution in [0.4, 0.5) is 0 Å². The van der Waals surface area contributed by atoms with Gasteiger partial charge in [-0.3, -0.25) is 15.1 Å². The minimum absolute atomic E-state index is 0.0581. The predicted molar refractivity (Wildman–Crippen MR) is 73.9 cm³/mol. The highest BCUT2D eigenvalue weighted by Gasteiger charge is 2.29. The molecular weight excluding hydrogens is 228 g/mol. The number of likely N-dealkylation sites (tertiary alicyclic amines) is 1. The second-order valence-electron chi connectivity index (χ2n) is 5.14. The van der Waals surface area contributed by atoms with E-state index >= 15 is 0 Å². The Bertz CT molecular complexity index is 251. The Hall–Kier alpha value is -0.650. The average Bonchev–Trinajstić information content (AvgIpc) is 2.43. The van der Waals surface area contributed by atoms with E-state index in [9.17, 15) is 4.79 Å². The highest BCUT2D eigenvalue weighted by atomic mass is 16.2. The number of likely N-dealkylation sites (N-methyl/N-ethyl adjacent to an activating group) is 1. The van der Waals surface area contributed by atoms with Crippen molar-refractivity contribution in [1.82, 2.24) is 15.2 Å². The number of piperidine rings is 1. The molecule has 0 aromatic carbocycles. The predicted octanol–water partition coefficient (Wildman–Crippen LogP) is 0.561. The van der Waals surface area contributed by atoms with Crippen LogP contribution in [0.1, 0.15) is 39.5 Å². The molecule has 3 N–H and O–H groups in total. The number of amides is 1. The van der Waals surface area contributed by atoms with Crippen LogP contribution < -0.4 is 11.3 Å². The first-order valence-electron chi connectivity index (χ1n) is 7.08. The molecule has 5 nitrogen and oxygen atoms in total. The maximum Gasteiger partial charge on any atom is 0.251 e. The summed E-state index contributed by atoms with van der Waals surface area (Å²) in [6.07, 6.45) is 4.15. The van der Waals surface area contributed by atoms with Crippen molar-refractivity contribution in [3.8, 4) is 0 Å². The number of nitrogens with zero attached hydrogens (tertiary/aromatic N) is 2. The number of rotatable bonds is 6. The Labute approximate surface area is 111 Å². The third-order valence-electron chi connectivity index (χ3n) is 4.08. The van der Waals surface area contributed by atoms with Gasteiger partial charge >= 0.3 is 0 Å². The number of carbonyl (C=O) groups is 1. The van der Waals surface area contributed by atoms with E-state index in [1.54, 1.807) is 0 Å². The minimum atomic E-state index is -0.0850. The SMILES string of the molecule is CCCC(C(=O)NN)N(C)C1CCN(CC)CC1. The summed E-state index contributed by atoms with van der Waals surface area (Å²) in [4.78, 5) is 16.5. The van der Waals surface area contributed by atoms with Crippen molar-refractivity contribution in [2.75, 3.05) is 26.7 Å². The fraction of sp³-hybridized carbons (Fsp3) is 0.923. The maximum atomic E-state index is 11.8. The van der Waals surface area contributed by atoms with E-state index in [1.165, 1.54) is 0 Å². The Morgan fingerprint density at radius 3 is 2.50 bits per heavy atom. The Balaban J connectivity index is 2.55. The van der Waals surface area contributed by atoms with Crippen LogP contribution in [0.5, 0.6) is 0 Å². The molecule has 1 heterocycles. The Kier molecular flexibility index (Phi) is 6.60. The molecular formula is C13H28N4O. The van der Waals surface area contributed by atoms with Crippen LogP contribution in [0.2, 0.25) is 0 Å². The van der Waals surface area contributed by atoms with Gasteiger partial charge in [0.1, 0.15) is 0 Å². The zero-order valence-electron chi connectivity index (χ0n) is 12.0. The summed E-state index contributed by atoms with van der Waals surface area (Å²) in [5.74, 6) is 5.22. The van der Waals surface area contributed by atoms with Crippen molar-refractivity contribution in [2.45, 2.75) is 51.6 Å². The van der Waals surface area contributed by atoms with E-state index < -0.39 is 0 Å². The molecule has 1 atom stereocenters. The summed E-state index contributed by atoms with van der Waals surface area (Å²) in [5.41, 5.74) is 2.30. The largest absolute Gasteiger partial charge is 0.303 e. The van der Waals surface area contributed by atoms with E-state index in [-0.39, 0.29) is 11.9 Å². The zero-order chi connectivity index (χ0) is 13.5. The molecule has 0 aromatic rings. The van der Waals surface area contributed by atoms with Gasteiger partial charge in [-0.15, -0.1) is 0 Å². The summed E-state index contributed by atoms with van der Waals surface area (Å²) in [6, 6.07) is 0.417. The van der Waals surface area contributed by atoms with Crippen molar-refractivity contribution in [1.29, 1.82) is 0 Å². The number of hydrogen-bond acceptors (Lipinski definition) is 4. The summed E-state index contributed by atoms with van der Waals surface area (Å²) in [6.45, 7) is 7.69. The third kappa shape index (κ3) is 3.93. The highest BCUT2D eigenvalue weighted by molar-refractivity contribution is 5.81. The summed E-state index contributed by atoms with van der Waals surface area (Å²) < 4.78 is 0. The van der Waals surface area contributed by atoms with Crippen LogP contribution >= 0.6 is 0 Å². The van der Waals surface area contributed by atoms with Gasteiger partial charge in [0, 0.05) is 6.04 Å². The molecule has 0 aromatic heterocycles. The zero-order valence-corrected chi connectivity index (χ0v) is 12.0. The molecule has 18 heavy (non-hydrogen) atoms. The molecule has 1 rings (SSSR count). The molecule has 1 saturated heterocycles. The maximum absolute atomic E-state index is 11.8. The molecule has 1 unspecified atom stereocenters. The summed E-state index contributed by atoms with van der Waals surface area (Å²) in [5, 5.41) is 0. The quantitative estimate of drug-likeness (QED) is 0.414. The summed E-state index contributed by atoms with van der Waals surface area (Å²) in [7, 11) is 2.06. The fourth-order valence-electron chi connectivity index (χ4n) is 2.79. The first kappa shape index (κ1) is 15.4. The number of nitrogens with two attached hydrogens (primary N) is 1. The number of hydrogen-bond donors (Lipinski definition) is 2. The summed E-state index contributed by atoms with van der Waals surface area (Å²) >= 11 is 0. The van der Waals surface area contributed by atoms with E-state index in [2.05, 4.69) is 36.1 Å². The van der Waals surface area contributed by atoms with Crippen molar-refractivity contribution in [2.24, 2.45) is 5.84 Å². The van der Waals surface area contributed by atoms with Gasteiger partial charge in [-0.2, -0.15) is 0 Å². The van der Waals surface area contributed by atoms with Crippen molar-refractivity contribution in [3.63, 3.8) is 0 Å². The van der Waals surface area contributed by atoms with Gasteiger partial charge in [-0.05, 0) is 45.9 Å². The van der Waals surface area contributed by atoms with Gasteiger partial charge in [0.2, 0.25) is 0 Å². The van der Waals surface area contributed by atoms with Crippen LogP contribution in [-0.4, -0.2) is 54.5 Å². The highest BCUT2D eigenvalue weighted by Crippen LogP contribution is 2.19. The smallest absolute Gasteiger partial charge is 0.251 e. The molecule has 1 aliphatic heterocycles. The minimum Gasteiger partial charge on any atom is -0.303 e. The van der Waals surface area contributed by atoms with Crippen LogP contribution in [0.15, 0.2) is 0 Å². The van der Waals surface area contributed by atoms with Crippen LogP contribution in [0.25, 0.3) is 0 Å². The molecule has 5 heteroatoms. The van der Waals surface area contributed by atoms with Gasteiger partial charge in [0.05, 0.1) is 6.04 Å². The molecule has 0 bridgehead atoms. The standard InChI is InChI=1S/C13H28N4O/c1-4-6-12(13(18)15-14)16(3)11-7-9-17(5-2)10-8-11/h11-12H,4-10,14H2,1-3H3,(H,15,18). The average molecular weight is 256 g/mol. The van der Waals surface area contributed by atoms with Crippen molar-refractivity contribution in [3.05, 3.63) is 0 Å². The number of nitrogens with one attached hydrogen (secondary N) is 1. The lowest BCUT2D eigenvalue weighted by Crippen LogP contribution is -2.53. The van der Waals surface area contributed by atoms with Crippen molar-refractivity contribution >= 4 is 5.91 Å². The lowest BCUT2D eigenvalue weighted by molar-refractivity contribution is -0.127. The first-order valence-corrected chi connectivity index (χ1v) is 7.08. The van der Waals surface area contributed by atoms with Gasteiger partial charge in [0.15, 0.2) is 0 Å². The van der Waals surface area contributed by atoms with Gasteiger partial charge < -0.3 is 4.90 Å². The lowest BCUT2D eigenvalue weighted by atomic mass is 10.00. The topological polar surface area (TPSA) is 61.6 Å². The van der Waals surface area contributed by atoms with Crippen LogP contribution in [0.3, 0.4) is 0 Å². The molecule has 0 aliphatic carbocycles. The second-order valence-corrected chi connectivity index (χ2v) is 5.14. The van der Waals surface area contributed by atoms with E-state index in [1.807, 2.05) is 0 Å². The third-order valence-corrected chi connectivity index (χ3v) is 4.08. The molecule has 0 spiro atoms. The van der Waals surface area contributed by atoms with E-state index in [0.29, 0.717) is 6.04 Å². The van der Waals surface area contributed by atoms with Crippen LogP contribution in [-0.2, 0) is 4.79 Å². The molecule has 0 saturated carbocycles. The molecule has 106 valence electrons. The molecule has 1 aliphatic rings. The monoisotopic (exact) mass is 256 g/mol. The molecule has 1 fully saturated rings. The lowest BCUT2D eigenvalue weighted by Gasteiger charge is -2.39. The van der Waals surface area contributed by atoms with Crippen LogP contribution in [0, 0.1) is 0 Å². The normalized spacial score (nSPS) is 20.1. The van der Waals surface area contributed by atoms with Gasteiger partial charge in [0.25, 0.3) is 5.91 Å². The van der Waals surface area contributed by atoms with Crippen molar-refractivity contribution < 1.29 is 4.79 Å². The second kappa shape index (κ2) is 7.71. The van der Waals surface area contributed by atoms with E-state index in [4.69, 9.17) is 5.84 Å². The molecule has 1 amide bonds. The van der Waals surface area contributed by atoms with E-state index in [0.717, 1.165) is 45.3 Å². The first-order chi connectivity index (χ1) is 8.63. The number of hydrazine groups is 1. The van der Waals surface area contributed by atoms with Gasteiger partial charge in [-0.1, -0.05) is 20.3 Å². The Morgan fingerprint density at radius 1 is 1.44 bits per heavy atom. The fourth-order valence-corrected chi connectivity index (χ4v) is 2.79. The Morgan fingerprint density at radius 2 is 2.06 bits per heavy atom. The number of carbonyl (C=O) groups excluding carboxylic acids is 1. The molecule has 0 radical (unpaired) electrons.